The molecule has 0 bridgehead atoms. The average molecular weight is 389 g/mol. The summed E-state index contributed by atoms with van der Waals surface area (Å²) in [5.74, 6) is -1.22. The van der Waals surface area contributed by atoms with Gasteiger partial charge in [0.1, 0.15) is 0 Å². The predicted molar refractivity (Wildman–Crippen MR) is 109 cm³/mol. The molecule has 1 aliphatic heterocycles. The van der Waals surface area contributed by atoms with Crippen molar-refractivity contribution < 1.29 is 9.90 Å². The van der Waals surface area contributed by atoms with Crippen molar-refractivity contribution >= 4 is 11.7 Å². The van der Waals surface area contributed by atoms with Gasteiger partial charge in [0.2, 0.25) is 0 Å². The Morgan fingerprint density at radius 1 is 1.43 bits per heavy atom. The number of H-pyrrole nitrogens is 1. The normalized spacial score (nSPS) is 18.3. The van der Waals surface area contributed by atoms with Crippen molar-refractivity contribution in [1.82, 2.24) is 20.6 Å². The van der Waals surface area contributed by atoms with Crippen molar-refractivity contribution in [3.05, 3.63) is 35.7 Å². The second kappa shape index (κ2) is 10.8. The van der Waals surface area contributed by atoms with Gasteiger partial charge in [-0.15, -0.1) is 10.2 Å². The number of aromatic amines is 1. The highest BCUT2D eigenvalue weighted by atomic mass is 16.4. The Balaban J connectivity index is 0.00000136. The molecular weight excluding hydrogens is 356 g/mol. The van der Waals surface area contributed by atoms with Crippen molar-refractivity contribution in [2.24, 2.45) is 11.7 Å². The Hall–Kier alpha value is -2.48. The van der Waals surface area contributed by atoms with Crippen LogP contribution in [0.3, 0.4) is 0 Å². The number of nitrogens with zero attached hydrogens (tertiary/aromatic N) is 4. The molecule has 2 aromatic rings. The Morgan fingerprint density at radius 2 is 2.21 bits per heavy atom. The van der Waals surface area contributed by atoms with Crippen molar-refractivity contribution in [2.45, 2.75) is 58.4 Å². The lowest BCUT2D eigenvalue weighted by Gasteiger charge is -2.23. The molecule has 3 atom stereocenters. The topological polar surface area (TPSA) is 121 Å². The third-order valence-electron chi connectivity index (χ3n) is 5.05. The van der Waals surface area contributed by atoms with Crippen LogP contribution in [0.15, 0.2) is 24.3 Å². The zero-order valence-corrected chi connectivity index (χ0v) is 17.0. The van der Waals surface area contributed by atoms with Crippen LogP contribution in [0.1, 0.15) is 57.3 Å². The number of aromatic nitrogens is 4. The highest BCUT2D eigenvalue weighted by Gasteiger charge is 2.32. The van der Waals surface area contributed by atoms with Gasteiger partial charge in [-0.1, -0.05) is 44.5 Å². The molecule has 0 spiro atoms. The van der Waals surface area contributed by atoms with E-state index in [9.17, 15) is 9.90 Å². The fourth-order valence-corrected chi connectivity index (χ4v) is 3.70. The molecule has 0 unspecified atom stereocenters. The molecule has 1 aliphatic rings. The number of hydrogen-bond acceptors (Lipinski definition) is 6. The smallest absolute Gasteiger partial charge is 0.307 e. The van der Waals surface area contributed by atoms with Gasteiger partial charge >= 0.3 is 5.97 Å². The first-order chi connectivity index (χ1) is 13.6. The maximum absolute atomic E-state index is 11.8. The number of carbonyl (C=O) groups is 1. The lowest BCUT2D eigenvalue weighted by atomic mass is 9.83. The first-order valence-corrected chi connectivity index (χ1v) is 10.1. The number of nitrogens with two attached hydrogens (primary N) is 1. The number of aliphatic carboxylic acids is 1. The number of carboxylic acid groups (broad SMARTS) is 1. The largest absolute Gasteiger partial charge is 0.481 e. The summed E-state index contributed by atoms with van der Waals surface area (Å²) in [6, 6.07) is 8.45. The Morgan fingerprint density at radius 3 is 2.79 bits per heavy atom. The first kappa shape index (κ1) is 21.8. The number of carboxylic acids is 1. The maximum atomic E-state index is 11.8. The summed E-state index contributed by atoms with van der Waals surface area (Å²) in [7, 11) is 0. The molecule has 28 heavy (non-hydrogen) atoms. The third kappa shape index (κ3) is 5.51. The second-order valence-corrected chi connectivity index (χ2v) is 6.98. The number of nitrogens with one attached hydrogen (secondary N) is 1. The minimum absolute atomic E-state index is 0.215. The number of rotatable bonds is 8. The van der Waals surface area contributed by atoms with Crippen molar-refractivity contribution in [3.8, 4) is 0 Å². The van der Waals surface area contributed by atoms with Gasteiger partial charge in [0.15, 0.2) is 5.82 Å². The van der Waals surface area contributed by atoms with Gasteiger partial charge in [0, 0.05) is 30.7 Å². The van der Waals surface area contributed by atoms with Crippen LogP contribution >= 0.6 is 0 Å². The SMILES string of the molecule is CC.CCC[C@H](C(=O)O)[C@H](Cc1cccc(N2CC[C@@H](N)C2)c1)c1nn[nH]n1. The molecule has 0 aliphatic carbocycles. The Kier molecular flexibility index (Phi) is 8.38. The molecule has 1 saturated heterocycles. The van der Waals surface area contributed by atoms with Crippen LogP contribution in [0.4, 0.5) is 5.69 Å². The van der Waals surface area contributed by atoms with E-state index in [1.165, 1.54) is 0 Å². The molecule has 1 aromatic heterocycles. The quantitative estimate of drug-likeness (QED) is 0.635. The minimum atomic E-state index is -0.816. The van der Waals surface area contributed by atoms with Crippen LogP contribution in [-0.4, -0.2) is 50.8 Å². The average Bonchev–Trinajstić information content (AvgIpc) is 3.38. The van der Waals surface area contributed by atoms with E-state index >= 15 is 0 Å². The van der Waals surface area contributed by atoms with E-state index in [2.05, 4.69) is 37.7 Å². The lowest BCUT2D eigenvalue weighted by molar-refractivity contribution is -0.142. The standard InChI is InChI=1S/C18H26N6O2.C2H6/c1-2-4-15(18(25)26)16(17-20-22-23-21-17)10-12-5-3-6-14(9-12)24-8-7-13(19)11-24;1-2/h3,5-6,9,13,15-16H,2,4,7-8,10-11,19H2,1H3,(H,25,26)(H,20,21,22,23);1-2H3/t13-,15+,16+;/m1./s1. The van der Waals surface area contributed by atoms with E-state index in [1.54, 1.807) is 0 Å². The van der Waals surface area contributed by atoms with E-state index in [-0.39, 0.29) is 12.0 Å². The van der Waals surface area contributed by atoms with Gasteiger partial charge in [0.25, 0.3) is 0 Å². The van der Waals surface area contributed by atoms with Gasteiger partial charge in [0.05, 0.1) is 5.92 Å². The summed E-state index contributed by atoms with van der Waals surface area (Å²) in [5, 5.41) is 23.9. The molecule has 154 valence electrons. The molecule has 4 N–H and O–H groups in total. The van der Waals surface area contributed by atoms with E-state index in [0.717, 1.165) is 37.2 Å². The highest BCUT2D eigenvalue weighted by Crippen LogP contribution is 2.31. The van der Waals surface area contributed by atoms with Gasteiger partial charge in [-0.3, -0.25) is 4.79 Å². The van der Waals surface area contributed by atoms with E-state index < -0.39 is 11.9 Å². The van der Waals surface area contributed by atoms with Gasteiger partial charge in [-0.2, -0.15) is 5.21 Å². The molecule has 8 nitrogen and oxygen atoms in total. The molecule has 3 rings (SSSR count). The summed E-state index contributed by atoms with van der Waals surface area (Å²) in [4.78, 5) is 14.1. The lowest BCUT2D eigenvalue weighted by Crippen LogP contribution is -2.26. The first-order valence-electron chi connectivity index (χ1n) is 10.1. The zero-order chi connectivity index (χ0) is 20.5. The van der Waals surface area contributed by atoms with Crippen molar-refractivity contribution in [2.75, 3.05) is 18.0 Å². The molecular formula is C20H32N6O2. The van der Waals surface area contributed by atoms with Crippen LogP contribution in [0.5, 0.6) is 0 Å². The zero-order valence-electron chi connectivity index (χ0n) is 17.0. The van der Waals surface area contributed by atoms with Gasteiger partial charge in [-0.25, -0.2) is 0 Å². The molecule has 2 heterocycles. The monoisotopic (exact) mass is 388 g/mol. The number of tetrazole rings is 1. The maximum Gasteiger partial charge on any atom is 0.307 e. The van der Waals surface area contributed by atoms with E-state index in [0.29, 0.717) is 18.7 Å². The van der Waals surface area contributed by atoms with E-state index in [4.69, 9.17) is 5.73 Å². The Labute approximate surface area is 166 Å². The molecule has 1 aromatic carbocycles. The predicted octanol–water partition coefficient (Wildman–Crippen LogP) is 2.59. The van der Waals surface area contributed by atoms with Crippen LogP contribution in [-0.2, 0) is 11.2 Å². The van der Waals surface area contributed by atoms with Crippen LogP contribution in [0.25, 0.3) is 0 Å². The fraction of sp³-hybridized carbons (Fsp3) is 0.600. The van der Waals surface area contributed by atoms with Gasteiger partial charge in [-0.05, 0) is 37.0 Å². The summed E-state index contributed by atoms with van der Waals surface area (Å²) in [6.07, 6.45) is 2.92. The highest BCUT2D eigenvalue weighted by molar-refractivity contribution is 5.71. The van der Waals surface area contributed by atoms with Crippen LogP contribution in [0.2, 0.25) is 0 Å². The molecule has 0 amide bonds. The number of hydrogen-bond donors (Lipinski definition) is 3. The van der Waals surface area contributed by atoms with Crippen molar-refractivity contribution in [1.29, 1.82) is 0 Å². The number of anilines is 1. The summed E-state index contributed by atoms with van der Waals surface area (Å²) >= 11 is 0. The molecule has 1 fully saturated rings. The van der Waals surface area contributed by atoms with Crippen molar-refractivity contribution in [3.63, 3.8) is 0 Å². The van der Waals surface area contributed by atoms with Crippen LogP contribution < -0.4 is 10.6 Å². The minimum Gasteiger partial charge on any atom is -0.481 e. The fourth-order valence-electron chi connectivity index (χ4n) is 3.70. The second-order valence-electron chi connectivity index (χ2n) is 6.98. The third-order valence-corrected chi connectivity index (χ3v) is 5.05. The van der Waals surface area contributed by atoms with Gasteiger partial charge < -0.3 is 15.7 Å². The molecule has 8 heteroatoms. The van der Waals surface area contributed by atoms with Crippen LogP contribution in [0, 0.1) is 5.92 Å². The molecule has 0 saturated carbocycles. The summed E-state index contributed by atoms with van der Waals surface area (Å²) < 4.78 is 0. The molecule has 0 radical (unpaired) electrons. The number of benzene rings is 1. The van der Waals surface area contributed by atoms with E-state index in [1.807, 2.05) is 32.9 Å². The summed E-state index contributed by atoms with van der Waals surface area (Å²) in [6.45, 7) is 7.79. The Bertz CT molecular complexity index is 721. The summed E-state index contributed by atoms with van der Waals surface area (Å²) in [5.41, 5.74) is 8.22.